The summed E-state index contributed by atoms with van der Waals surface area (Å²) in [5, 5.41) is 96.3. The third-order valence-corrected chi connectivity index (χ3v) is 16.7. The molecule has 0 aliphatic rings. The zero-order valence-electron chi connectivity index (χ0n) is 48.2. The number of rotatable bonds is 9. The molecule has 0 radical (unpaired) electrons. The molecular weight excluding hydrogens is 1130 g/mol. The Kier molecular flexibility index (Phi) is 13.7. The Balaban J connectivity index is 1.12. The fourth-order valence-electron chi connectivity index (χ4n) is 12.4. The van der Waals surface area contributed by atoms with E-state index in [1.807, 2.05) is 161 Å². The smallest absolute Gasteiger partial charge is 0.160 e. The second-order valence-corrected chi connectivity index (χ2v) is 21.7. The lowest BCUT2D eigenvalue weighted by Gasteiger charge is -2.19. The molecule has 418 valence electrons. The minimum Gasteiger partial charge on any atom is -0.308 e. The molecule has 0 amide bonds. The summed E-state index contributed by atoms with van der Waals surface area (Å²) in [6.45, 7) is 0. The van der Waals surface area contributed by atoms with Gasteiger partial charge in [-0.2, -0.15) is 47.4 Å². The number of nitriles is 9. The van der Waals surface area contributed by atoms with Crippen LogP contribution in [-0.4, -0.2) is 19.1 Å². The quantitative estimate of drug-likeness (QED) is 0.131. The summed E-state index contributed by atoms with van der Waals surface area (Å²) in [5.74, 6) is 0.345. The number of benzene rings is 11. The van der Waals surface area contributed by atoms with E-state index in [0.29, 0.717) is 145 Å². The molecule has 0 aliphatic heterocycles. The number of fused-ring (bicyclic) bond motifs is 6. The van der Waals surface area contributed by atoms with Crippen LogP contribution >= 0.6 is 0 Å². The van der Waals surface area contributed by atoms with Crippen molar-refractivity contribution in [3.8, 4) is 144 Å². The van der Waals surface area contributed by atoms with Crippen LogP contribution in [0, 0.1) is 102 Å². The van der Waals surface area contributed by atoms with Crippen LogP contribution in [0.5, 0.6) is 0 Å². The van der Waals surface area contributed by atoms with Crippen molar-refractivity contribution in [3.63, 3.8) is 0 Å². The lowest BCUT2D eigenvalue weighted by Crippen LogP contribution is -2.06. The van der Waals surface area contributed by atoms with E-state index in [4.69, 9.17) is 9.97 Å². The Morgan fingerprint density at radius 2 is 0.554 bits per heavy atom. The monoisotopic (exact) mass is 1170 g/mol. The number of aromatic nitrogens is 4. The van der Waals surface area contributed by atoms with Gasteiger partial charge < -0.3 is 9.13 Å². The highest BCUT2D eigenvalue weighted by Gasteiger charge is 2.26. The molecule has 13 nitrogen and oxygen atoms in total. The first-order valence-corrected chi connectivity index (χ1v) is 28.7. The maximum atomic E-state index is 12.2. The molecular formula is C79H37N13. The SMILES string of the molecule is N#Cc1ccc(-c2ccc3c(c2)c2cc(-c4ccc(C#N)cc4C#N)ccc2n3-c2cc(-c3nc(-c4ccccc4)cc(-c4ccccc4)n3)cc(-n3c4ccc(-c5ccc(C#N)cc5C#N)cc4c4cc(-c5ccc(C#N)cc5C#N)ccc43)c2C#N)c(C#N)c1. The van der Waals surface area contributed by atoms with Crippen LogP contribution in [0.15, 0.2) is 224 Å². The van der Waals surface area contributed by atoms with Crippen LogP contribution in [0.25, 0.3) is 133 Å². The molecule has 0 spiro atoms. The van der Waals surface area contributed by atoms with Gasteiger partial charge in [-0.1, -0.05) is 109 Å². The molecule has 13 heteroatoms. The average Bonchev–Trinajstić information content (AvgIpc) is 1.56. The van der Waals surface area contributed by atoms with Gasteiger partial charge in [0.15, 0.2) is 5.82 Å². The molecule has 0 N–H and O–H groups in total. The van der Waals surface area contributed by atoms with Crippen molar-refractivity contribution in [1.29, 1.82) is 47.4 Å². The Morgan fingerprint density at radius 3 is 0.826 bits per heavy atom. The summed E-state index contributed by atoms with van der Waals surface area (Å²) in [4.78, 5) is 10.7. The van der Waals surface area contributed by atoms with Crippen LogP contribution in [0.1, 0.15) is 50.1 Å². The third-order valence-electron chi connectivity index (χ3n) is 16.7. The summed E-state index contributed by atoms with van der Waals surface area (Å²) in [7, 11) is 0. The lowest BCUT2D eigenvalue weighted by atomic mass is 9.95. The molecule has 3 heterocycles. The van der Waals surface area contributed by atoms with Gasteiger partial charge in [-0.3, -0.25) is 0 Å². The largest absolute Gasteiger partial charge is 0.308 e. The van der Waals surface area contributed by atoms with E-state index in [-0.39, 0.29) is 5.56 Å². The maximum Gasteiger partial charge on any atom is 0.160 e. The Morgan fingerprint density at radius 1 is 0.250 bits per heavy atom. The molecule has 0 aliphatic carbocycles. The Bertz CT molecular complexity index is 5330. The number of hydrogen-bond acceptors (Lipinski definition) is 11. The average molecular weight is 1170 g/mol. The normalized spacial score (nSPS) is 10.7. The van der Waals surface area contributed by atoms with Crippen molar-refractivity contribution in [1.82, 2.24) is 19.1 Å². The molecule has 0 fully saturated rings. The molecule has 0 saturated carbocycles. The van der Waals surface area contributed by atoms with Gasteiger partial charge in [0.25, 0.3) is 0 Å². The standard InChI is InChI=1S/C79H37N13/c80-38-47-11-19-62(58(27-47)42-84)53-15-23-73-66(31-53)67-32-54(63-20-12-48(39-81)28-59(63)43-85)16-24-74(67)91(73)77-35-57(79-89-71(51-7-3-1-4-8-51)37-72(90-79)52-9-5-2-6-10-52)36-78(70(77)46-88)92-75-25-17-55(64-21-13-49(40-82)29-60(64)44-86)33-68(75)69-34-56(18-26-76(69)92)65-22-14-50(41-83)30-61(65)45-87/h1-37H. The van der Waals surface area contributed by atoms with Crippen LogP contribution in [0.2, 0.25) is 0 Å². The van der Waals surface area contributed by atoms with E-state index < -0.39 is 0 Å². The van der Waals surface area contributed by atoms with E-state index in [2.05, 4.69) is 54.6 Å². The zero-order chi connectivity index (χ0) is 63.1. The summed E-state index contributed by atoms with van der Waals surface area (Å²) in [5.41, 5.74) is 15.0. The molecule has 0 unspecified atom stereocenters. The predicted molar refractivity (Wildman–Crippen MR) is 351 cm³/mol. The van der Waals surface area contributed by atoms with Gasteiger partial charge in [0, 0.05) is 38.2 Å². The van der Waals surface area contributed by atoms with Crippen molar-refractivity contribution in [2.45, 2.75) is 0 Å². The molecule has 3 aromatic heterocycles. The topological polar surface area (TPSA) is 250 Å². The number of nitrogens with zero attached hydrogens (tertiary/aromatic N) is 13. The highest BCUT2D eigenvalue weighted by atomic mass is 15.0. The summed E-state index contributed by atoms with van der Waals surface area (Å²) >= 11 is 0. The third kappa shape index (κ3) is 9.37. The van der Waals surface area contributed by atoms with Crippen molar-refractivity contribution in [2.75, 3.05) is 0 Å². The van der Waals surface area contributed by atoms with Crippen LogP contribution < -0.4 is 0 Å². The van der Waals surface area contributed by atoms with Gasteiger partial charge >= 0.3 is 0 Å². The predicted octanol–water partition coefficient (Wildman–Crippen LogP) is 17.2. The molecule has 0 bridgehead atoms. The van der Waals surface area contributed by atoms with Crippen LogP contribution in [0.3, 0.4) is 0 Å². The van der Waals surface area contributed by atoms with E-state index in [1.54, 1.807) is 72.8 Å². The van der Waals surface area contributed by atoms with Crippen LogP contribution in [0.4, 0.5) is 0 Å². The minimum absolute atomic E-state index is 0.241. The van der Waals surface area contributed by atoms with Crippen molar-refractivity contribution in [2.24, 2.45) is 0 Å². The van der Waals surface area contributed by atoms with Gasteiger partial charge in [0.05, 0.1) is 138 Å². The Hall–Kier alpha value is -14.5. The fraction of sp³-hybridized carbons (Fsp3) is 0. The first-order chi connectivity index (χ1) is 45.2. The molecule has 0 atom stereocenters. The first kappa shape index (κ1) is 55.4. The summed E-state index contributed by atoms with van der Waals surface area (Å²) in [6.07, 6.45) is 0. The summed E-state index contributed by atoms with van der Waals surface area (Å²) in [6, 6.07) is 89.1. The van der Waals surface area contributed by atoms with Gasteiger partial charge in [0.1, 0.15) is 11.6 Å². The highest BCUT2D eigenvalue weighted by molar-refractivity contribution is 6.14. The van der Waals surface area contributed by atoms with Gasteiger partial charge in [-0.25, -0.2) is 9.97 Å². The first-order valence-electron chi connectivity index (χ1n) is 28.7. The molecule has 11 aromatic carbocycles. The Labute approximate surface area is 526 Å². The van der Waals surface area contributed by atoms with Crippen molar-refractivity contribution in [3.05, 3.63) is 275 Å². The van der Waals surface area contributed by atoms with Crippen molar-refractivity contribution >= 4 is 43.6 Å². The summed E-state index contributed by atoms with van der Waals surface area (Å²) < 4.78 is 4.06. The second kappa shape index (κ2) is 22.7. The van der Waals surface area contributed by atoms with Gasteiger partial charge in [0.2, 0.25) is 0 Å². The van der Waals surface area contributed by atoms with E-state index in [1.165, 1.54) is 0 Å². The molecule has 14 rings (SSSR count). The number of hydrogen-bond donors (Lipinski definition) is 0. The van der Waals surface area contributed by atoms with Crippen molar-refractivity contribution < 1.29 is 0 Å². The molecule has 14 aromatic rings. The van der Waals surface area contributed by atoms with Gasteiger partial charge in [-0.15, -0.1) is 0 Å². The minimum atomic E-state index is 0.241. The van der Waals surface area contributed by atoms with E-state index >= 15 is 0 Å². The second-order valence-electron chi connectivity index (χ2n) is 21.7. The lowest BCUT2D eigenvalue weighted by molar-refractivity contribution is 1.11. The highest BCUT2D eigenvalue weighted by Crippen LogP contribution is 2.45. The van der Waals surface area contributed by atoms with E-state index in [9.17, 15) is 47.4 Å². The van der Waals surface area contributed by atoms with Crippen LogP contribution in [-0.2, 0) is 0 Å². The maximum absolute atomic E-state index is 12.2. The van der Waals surface area contributed by atoms with Gasteiger partial charge in [-0.05, 0) is 160 Å². The molecule has 0 saturated heterocycles. The zero-order valence-corrected chi connectivity index (χ0v) is 48.2. The fourth-order valence-corrected chi connectivity index (χ4v) is 12.4. The van der Waals surface area contributed by atoms with E-state index in [0.717, 1.165) is 32.7 Å². The molecule has 92 heavy (non-hydrogen) atoms.